The molecule has 1 saturated carbocycles. The summed E-state index contributed by atoms with van der Waals surface area (Å²) < 4.78 is 6.01. The van der Waals surface area contributed by atoms with Crippen molar-refractivity contribution in [2.45, 2.75) is 50.2 Å². The Hall–Kier alpha value is -2.33. The van der Waals surface area contributed by atoms with Gasteiger partial charge in [-0.05, 0) is 56.0 Å². The zero-order valence-electron chi connectivity index (χ0n) is 16.4. The van der Waals surface area contributed by atoms with E-state index in [1.807, 2.05) is 36.4 Å². The topological polar surface area (TPSA) is 49.8 Å². The van der Waals surface area contributed by atoms with Crippen molar-refractivity contribution in [1.82, 2.24) is 4.90 Å². The largest absolute Gasteiger partial charge is 0.504 e. The van der Waals surface area contributed by atoms with Gasteiger partial charge in [-0.25, -0.2) is 0 Å². The lowest BCUT2D eigenvalue weighted by Gasteiger charge is -2.58. The normalized spacial score (nSPS) is 29.1. The molecule has 0 amide bonds. The van der Waals surface area contributed by atoms with Crippen LogP contribution in [0.15, 0.2) is 42.5 Å². The van der Waals surface area contributed by atoms with Gasteiger partial charge in [-0.15, -0.1) is 0 Å². The Labute approximate surface area is 166 Å². The molecule has 2 aromatic carbocycles. The molecule has 1 heterocycles. The van der Waals surface area contributed by atoms with E-state index in [0.717, 1.165) is 36.9 Å². The van der Waals surface area contributed by atoms with Crippen LogP contribution in [0.4, 0.5) is 0 Å². The first-order valence-electron chi connectivity index (χ1n) is 10.3. The summed E-state index contributed by atoms with van der Waals surface area (Å²) in [5.74, 6) is 1.57. The van der Waals surface area contributed by atoms with Gasteiger partial charge >= 0.3 is 0 Å². The average Bonchev–Trinajstić information content (AvgIpc) is 2.70. The Bertz CT molecular complexity index is 910. The van der Waals surface area contributed by atoms with Crippen molar-refractivity contribution in [2.24, 2.45) is 5.92 Å². The zero-order valence-corrected chi connectivity index (χ0v) is 16.4. The molecule has 3 aliphatic rings. The third kappa shape index (κ3) is 2.66. The van der Waals surface area contributed by atoms with Gasteiger partial charge in [0.15, 0.2) is 11.5 Å². The Morgan fingerprint density at radius 2 is 2.04 bits per heavy atom. The van der Waals surface area contributed by atoms with E-state index >= 15 is 0 Å². The van der Waals surface area contributed by atoms with Crippen LogP contribution >= 0.6 is 0 Å². The number of carbonyl (C=O) groups excluding carboxylic acids is 1. The summed E-state index contributed by atoms with van der Waals surface area (Å²) in [4.78, 5) is 14.9. The van der Waals surface area contributed by atoms with E-state index in [1.165, 1.54) is 5.56 Å². The van der Waals surface area contributed by atoms with Crippen LogP contribution in [0.25, 0.3) is 0 Å². The highest BCUT2D eigenvalue weighted by Crippen LogP contribution is 2.58. The fourth-order valence-electron chi connectivity index (χ4n) is 5.96. The van der Waals surface area contributed by atoms with Crippen molar-refractivity contribution < 1.29 is 14.6 Å². The van der Waals surface area contributed by atoms with Crippen molar-refractivity contribution in [3.05, 3.63) is 59.2 Å². The molecule has 4 nitrogen and oxygen atoms in total. The fourth-order valence-corrected chi connectivity index (χ4v) is 5.96. The second kappa shape index (κ2) is 6.63. The summed E-state index contributed by atoms with van der Waals surface area (Å²) >= 11 is 0. The van der Waals surface area contributed by atoms with E-state index in [0.29, 0.717) is 42.9 Å². The lowest BCUT2D eigenvalue weighted by atomic mass is 9.52. The minimum Gasteiger partial charge on any atom is -0.504 e. The van der Waals surface area contributed by atoms with Crippen LogP contribution in [-0.2, 0) is 23.2 Å². The van der Waals surface area contributed by atoms with Gasteiger partial charge < -0.3 is 14.7 Å². The first kappa shape index (κ1) is 17.7. The molecule has 2 aromatic rings. The summed E-state index contributed by atoms with van der Waals surface area (Å²) in [5.41, 5.74) is 3.03. The van der Waals surface area contributed by atoms with Crippen molar-refractivity contribution in [3.8, 4) is 11.5 Å². The molecule has 4 heteroatoms. The number of carbonyl (C=O) groups is 1. The molecule has 2 aliphatic carbocycles. The summed E-state index contributed by atoms with van der Waals surface area (Å²) in [7, 11) is 2.20. The highest BCUT2D eigenvalue weighted by Gasteiger charge is 2.56. The van der Waals surface area contributed by atoms with E-state index in [-0.39, 0.29) is 11.2 Å². The molecule has 28 heavy (non-hydrogen) atoms. The third-order valence-electron chi connectivity index (χ3n) is 7.29. The highest BCUT2D eigenvalue weighted by molar-refractivity contribution is 5.82. The fraction of sp³-hybridized carbons (Fsp3) is 0.458. The molecule has 3 atom stereocenters. The van der Waals surface area contributed by atoms with Crippen molar-refractivity contribution >= 4 is 5.78 Å². The molecule has 0 radical (unpaired) electrons. The van der Waals surface area contributed by atoms with Gasteiger partial charge in [0.2, 0.25) is 0 Å². The molecule has 0 aromatic heterocycles. The second-order valence-corrected chi connectivity index (χ2v) is 8.74. The minimum atomic E-state index is -0.226. The summed E-state index contributed by atoms with van der Waals surface area (Å²) in [6.45, 7) is 1.40. The Morgan fingerprint density at radius 1 is 1.21 bits per heavy atom. The van der Waals surface area contributed by atoms with E-state index in [1.54, 1.807) is 0 Å². The number of likely N-dealkylation sites (N-methyl/N-ethyl adjacent to an activating group) is 1. The van der Waals surface area contributed by atoms with Crippen molar-refractivity contribution in [2.75, 3.05) is 13.6 Å². The number of hydrogen-bond acceptors (Lipinski definition) is 4. The molecule has 0 spiro atoms. The summed E-state index contributed by atoms with van der Waals surface area (Å²) in [6, 6.07) is 14.5. The number of hydrogen-bond donors (Lipinski definition) is 1. The third-order valence-corrected chi connectivity index (χ3v) is 7.29. The van der Waals surface area contributed by atoms with Crippen LogP contribution in [0.5, 0.6) is 11.5 Å². The molecule has 2 fully saturated rings. The second-order valence-electron chi connectivity index (χ2n) is 8.74. The van der Waals surface area contributed by atoms with Gasteiger partial charge in [-0.3, -0.25) is 4.79 Å². The van der Waals surface area contributed by atoms with E-state index < -0.39 is 0 Å². The number of nitrogens with zero attached hydrogens (tertiary/aromatic N) is 1. The van der Waals surface area contributed by atoms with Gasteiger partial charge in [-0.1, -0.05) is 36.4 Å². The highest BCUT2D eigenvalue weighted by atomic mass is 16.5. The molecule has 5 rings (SSSR count). The molecule has 146 valence electrons. The van der Waals surface area contributed by atoms with Gasteiger partial charge in [0, 0.05) is 29.9 Å². The quantitative estimate of drug-likeness (QED) is 0.883. The summed E-state index contributed by atoms with van der Waals surface area (Å²) in [6.07, 6.45) is 4.04. The SMILES string of the molecule is CN1CCC23CC(=O)CCC2C1Cc1ccc(OCc2ccccc2)c(O)c13. The van der Waals surface area contributed by atoms with E-state index in [4.69, 9.17) is 4.74 Å². The lowest BCUT2D eigenvalue weighted by molar-refractivity contribution is -0.126. The van der Waals surface area contributed by atoms with Gasteiger partial charge in [0.05, 0.1) is 0 Å². The van der Waals surface area contributed by atoms with Crippen LogP contribution in [0, 0.1) is 5.92 Å². The molecule has 3 unspecified atom stereocenters. The first-order valence-corrected chi connectivity index (χ1v) is 10.3. The van der Waals surface area contributed by atoms with Crippen molar-refractivity contribution in [1.29, 1.82) is 0 Å². The van der Waals surface area contributed by atoms with Gasteiger partial charge in [0.25, 0.3) is 0 Å². The van der Waals surface area contributed by atoms with E-state index in [9.17, 15) is 9.90 Å². The lowest BCUT2D eigenvalue weighted by Crippen LogP contribution is -2.60. The number of rotatable bonds is 3. The standard InChI is InChI=1S/C24H27NO3/c1-25-12-11-24-14-18(26)8-9-19(24)20(25)13-17-7-10-21(23(27)22(17)24)28-15-16-5-3-2-4-6-16/h2-7,10,19-20,27H,8-9,11-15H2,1H3. The Balaban J connectivity index is 1.55. The molecule has 1 saturated heterocycles. The number of phenols is 1. The van der Waals surface area contributed by atoms with Crippen LogP contribution in [0.3, 0.4) is 0 Å². The van der Waals surface area contributed by atoms with Crippen LogP contribution in [0.1, 0.15) is 42.4 Å². The van der Waals surface area contributed by atoms with Crippen molar-refractivity contribution in [3.63, 3.8) is 0 Å². The number of aromatic hydroxyl groups is 1. The minimum absolute atomic E-state index is 0.226. The maximum atomic E-state index is 12.5. The average molecular weight is 377 g/mol. The van der Waals surface area contributed by atoms with Crippen LogP contribution in [0.2, 0.25) is 0 Å². The maximum absolute atomic E-state index is 12.5. The molecular formula is C24H27NO3. The first-order chi connectivity index (χ1) is 13.6. The number of piperidine rings is 1. The Kier molecular flexibility index (Phi) is 4.20. The summed E-state index contributed by atoms with van der Waals surface area (Å²) in [5, 5.41) is 11.3. The number of ketones is 1. The molecular weight excluding hydrogens is 350 g/mol. The zero-order chi connectivity index (χ0) is 19.3. The number of phenolic OH excluding ortho intramolecular Hbond substituents is 1. The predicted octanol–water partition coefficient (Wildman–Crippen LogP) is 3.84. The van der Waals surface area contributed by atoms with Gasteiger partial charge in [-0.2, -0.15) is 0 Å². The number of likely N-dealkylation sites (tertiary alicyclic amines) is 1. The van der Waals surface area contributed by atoms with Crippen LogP contribution in [-0.4, -0.2) is 35.4 Å². The Morgan fingerprint density at radius 3 is 2.86 bits per heavy atom. The molecule has 1 N–H and O–H groups in total. The monoisotopic (exact) mass is 377 g/mol. The maximum Gasteiger partial charge on any atom is 0.161 e. The number of benzene rings is 2. The smallest absolute Gasteiger partial charge is 0.161 e. The number of Topliss-reactive ketones (excluding diaryl/α,β-unsaturated/α-hetero) is 1. The van der Waals surface area contributed by atoms with Gasteiger partial charge in [0.1, 0.15) is 12.4 Å². The predicted molar refractivity (Wildman–Crippen MR) is 108 cm³/mol. The molecule has 2 bridgehead atoms. The molecule has 1 aliphatic heterocycles. The van der Waals surface area contributed by atoms with E-state index in [2.05, 4.69) is 18.0 Å². The number of ether oxygens (including phenoxy) is 1. The number of fused-ring (bicyclic) bond motifs is 1. The van der Waals surface area contributed by atoms with Crippen LogP contribution < -0.4 is 4.74 Å².